The number of rotatable bonds is 7. The molecule has 152 valence electrons. The first kappa shape index (κ1) is 20.5. The van der Waals surface area contributed by atoms with Crippen molar-refractivity contribution in [2.24, 2.45) is 4.99 Å². The van der Waals surface area contributed by atoms with E-state index in [1.807, 2.05) is 19.2 Å². The first-order valence-electron chi connectivity index (χ1n) is 9.67. The molecule has 2 aromatic rings. The summed E-state index contributed by atoms with van der Waals surface area (Å²) < 4.78 is 5.52. The summed E-state index contributed by atoms with van der Waals surface area (Å²) in [5.41, 5.74) is 1.16. The first-order chi connectivity index (χ1) is 13.6. The smallest absolute Gasteiger partial charge is 0.191 e. The third-order valence-corrected chi connectivity index (χ3v) is 6.11. The van der Waals surface area contributed by atoms with Gasteiger partial charge in [-0.2, -0.15) is 0 Å². The molecule has 0 spiro atoms. The predicted molar refractivity (Wildman–Crippen MR) is 119 cm³/mol. The summed E-state index contributed by atoms with van der Waals surface area (Å²) in [6.45, 7) is 2.75. The molecule has 1 aliphatic rings. The average molecular weight is 402 g/mol. The largest absolute Gasteiger partial charge is 0.495 e. The molecule has 28 heavy (non-hydrogen) atoms. The predicted octanol–water partition coefficient (Wildman–Crippen LogP) is 2.80. The minimum absolute atomic E-state index is 0.326. The van der Waals surface area contributed by atoms with Crippen LogP contribution in [0.3, 0.4) is 0 Å². The van der Waals surface area contributed by atoms with Crippen molar-refractivity contribution in [3.05, 3.63) is 46.7 Å². The highest BCUT2D eigenvalue weighted by atomic mass is 32.1. The molecule has 3 rings (SSSR count). The number of benzene rings is 1. The maximum Gasteiger partial charge on any atom is 0.191 e. The van der Waals surface area contributed by atoms with Crippen molar-refractivity contribution in [3.8, 4) is 5.75 Å². The molecule has 0 aliphatic carbocycles. The van der Waals surface area contributed by atoms with E-state index >= 15 is 0 Å². The zero-order valence-electron chi connectivity index (χ0n) is 17.2. The molecule has 2 unspecified atom stereocenters. The van der Waals surface area contributed by atoms with Crippen LogP contribution in [0, 0.1) is 0 Å². The standard InChI is InChI=1S/C21H31N5OS/c1-22-21(23-14-18(25(2)3)20-10-7-13-28-20)24-16-11-12-26(15-16)17-8-5-6-9-19(17)27-4/h5-10,13,16,18H,11-12,14-15H2,1-4H3,(H2,22,23,24). The number of aliphatic imine (C=N–C) groups is 1. The molecule has 0 bridgehead atoms. The molecule has 2 heterocycles. The van der Waals surface area contributed by atoms with Gasteiger partial charge in [-0.3, -0.25) is 4.99 Å². The summed E-state index contributed by atoms with van der Waals surface area (Å²) in [6, 6.07) is 13.2. The van der Waals surface area contributed by atoms with Crippen molar-refractivity contribution >= 4 is 23.0 Å². The van der Waals surface area contributed by atoms with Crippen LogP contribution in [0.15, 0.2) is 46.8 Å². The van der Waals surface area contributed by atoms with E-state index in [1.54, 1.807) is 18.4 Å². The fourth-order valence-electron chi connectivity index (χ4n) is 3.59. The second kappa shape index (κ2) is 9.80. The van der Waals surface area contributed by atoms with Crippen molar-refractivity contribution < 1.29 is 4.74 Å². The van der Waals surface area contributed by atoms with E-state index in [0.717, 1.165) is 43.5 Å². The Bertz CT molecular complexity index is 762. The summed E-state index contributed by atoms with van der Waals surface area (Å²) in [6.07, 6.45) is 1.07. The summed E-state index contributed by atoms with van der Waals surface area (Å²) in [7, 11) is 7.79. The number of para-hydroxylation sites is 2. The number of methoxy groups -OCH3 is 1. The maximum atomic E-state index is 5.52. The maximum absolute atomic E-state index is 5.52. The molecule has 0 amide bonds. The van der Waals surface area contributed by atoms with Gasteiger partial charge in [0.05, 0.1) is 18.8 Å². The van der Waals surface area contributed by atoms with Gasteiger partial charge in [-0.25, -0.2) is 0 Å². The van der Waals surface area contributed by atoms with Crippen LogP contribution in [0.1, 0.15) is 17.3 Å². The van der Waals surface area contributed by atoms with E-state index in [2.05, 4.69) is 69.2 Å². The van der Waals surface area contributed by atoms with Crippen molar-refractivity contribution in [2.75, 3.05) is 52.8 Å². The van der Waals surface area contributed by atoms with Gasteiger partial charge in [-0.1, -0.05) is 18.2 Å². The van der Waals surface area contributed by atoms with Gasteiger partial charge in [0.2, 0.25) is 0 Å². The Morgan fingerprint density at radius 3 is 2.82 bits per heavy atom. The quantitative estimate of drug-likeness (QED) is 0.552. The normalized spacial score (nSPS) is 18.4. The van der Waals surface area contributed by atoms with Crippen molar-refractivity contribution in [1.82, 2.24) is 15.5 Å². The molecule has 1 aromatic heterocycles. The van der Waals surface area contributed by atoms with E-state index in [-0.39, 0.29) is 0 Å². The van der Waals surface area contributed by atoms with Gasteiger partial charge in [-0.15, -0.1) is 11.3 Å². The van der Waals surface area contributed by atoms with E-state index in [4.69, 9.17) is 4.74 Å². The fourth-order valence-corrected chi connectivity index (χ4v) is 4.51. The van der Waals surface area contributed by atoms with Gasteiger partial charge in [-0.05, 0) is 44.1 Å². The van der Waals surface area contributed by atoms with Gasteiger partial charge < -0.3 is 25.2 Å². The number of ether oxygens (including phenoxy) is 1. The van der Waals surface area contributed by atoms with Crippen LogP contribution in [-0.4, -0.2) is 64.8 Å². The topological polar surface area (TPSA) is 52.1 Å². The fraction of sp³-hybridized carbons (Fsp3) is 0.476. The van der Waals surface area contributed by atoms with Crippen molar-refractivity contribution in [3.63, 3.8) is 0 Å². The number of nitrogens with zero attached hydrogens (tertiary/aromatic N) is 3. The van der Waals surface area contributed by atoms with Crippen LogP contribution in [0.5, 0.6) is 5.75 Å². The molecule has 1 aliphatic heterocycles. The second-order valence-corrected chi connectivity index (χ2v) is 8.18. The molecule has 2 atom stereocenters. The Labute approximate surface area is 172 Å². The van der Waals surface area contributed by atoms with E-state index in [1.165, 1.54) is 4.88 Å². The number of thiophene rings is 1. The third-order valence-electron chi connectivity index (χ3n) is 5.14. The highest BCUT2D eigenvalue weighted by molar-refractivity contribution is 7.10. The third kappa shape index (κ3) is 4.97. The molecule has 2 N–H and O–H groups in total. The van der Waals surface area contributed by atoms with Crippen LogP contribution < -0.4 is 20.3 Å². The lowest BCUT2D eigenvalue weighted by Crippen LogP contribution is -2.46. The highest BCUT2D eigenvalue weighted by Gasteiger charge is 2.25. The molecular formula is C21H31N5OS. The molecule has 1 aromatic carbocycles. The molecule has 1 fully saturated rings. The molecule has 0 radical (unpaired) electrons. The highest BCUT2D eigenvalue weighted by Crippen LogP contribution is 2.30. The summed E-state index contributed by atoms with van der Waals surface area (Å²) in [5.74, 6) is 1.78. The Kier molecular flexibility index (Phi) is 7.17. The van der Waals surface area contributed by atoms with E-state index in [9.17, 15) is 0 Å². The second-order valence-electron chi connectivity index (χ2n) is 7.20. The molecular weight excluding hydrogens is 370 g/mol. The number of anilines is 1. The number of nitrogens with one attached hydrogen (secondary N) is 2. The lowest BCUT2D eigenvalue weighted by atomic mass is 10.2. The number of hydrogen-bond donors (Lipinski definition) is 2. The minimum Gasteiger partial charge on any atom is -0.495 e. The Morgan fingerprint density at radius 2 is 2.14 bits per heavy atom. The SMILES string of the molecule is CN=C(NCC(c1cccs1)N(C)C)NC1CCN(c2ccccc2OC)C1. The Balaban J connectivity index is 1.55. The lowest BCUT2D eigenvalue weighted by Gasteiger charge is -2.26. The number of likely N-dealkylation sites (N-methyl/N-ethyl adjacent to an activating group) is 1. The monoisotopic (exact) mass is 401 g/mol. The van der Waals surface area contributed by atoms with E-state index in [0.29, 0.717) is 12.1 Å². The van der Waals surface area contributed by atoms with Crippen LogP contribution in [0.4, 0.5) is 5.69 Å². The van der Waals surface area contributed by atoms with Crippen molar-refractivity contribution in [1.29, 1.82) is 0 Å². The van der Waals surface area contributed by atoms with Gasteiger partial charge >= 0.3 is 0 Å². The zero-order chi connectivity index (χ0) is 19.9. The van der Waals surface area contributed by atoms with Gasteiger partial charge in [0.25, 0.3) is 0 Å². The minimum atomic E-state index is 0.326. The average Bonchev–Trinajstić information content (AvgIpc) is 3.39. The lowest BCUT2D eigenvalue weighted by molar-refractivity contribution is 0.302. The van der Waals surface area contributed by atoms with Crippen LogP contribution in [0.25, 0.3) is 0 Å². The zero-order valence-corrected chi connectivity index (χ0v) is 18.0. The molecule has 0 saturated carbocycles. The summed E-state index contributed by atoms with van der Waals surface area (Å²) >= 11 is 1.79. The van der Waals surface area contributed by atoms with E-state index < -0.39 is 0 Å². The van der Waals surface area contributed by atoms with Gasteiger partial charge in [0.1, 0.15) is 5.75 Å². The molecule has 1 saturated heterocycles. The summed E-state index contributed by atoms with van der Waals surface area (Å²) in [5, 5.41) is 9.22. The van der Waals surface area contributed by atoms with Crippen LogP contribution >= 0.6 is 11.3 Å². The summed E-state index contributed by atoms with van der Waals surface area (Å²) in [4.78, 5) is 10.4. The number of guanidine groups is 1. The molecule has 7 heteroatoms. The first-order valence-corrected chi connectivity index (χ1v) is 10.5. The van der Waals surface area contributed by atoms with Crippen molar-refractivity contribution in [2.45, 2.75) is 18.5 Å². The Hall–Kier alpha value is -2.25. The van der Waals surface area contributed by atoms with Gasteiger partial charge in [0.15, 0.2) is 5.96 Å². The Morgan fingerprint density at radius 1 is 1.32 bits per heavy atom. The number of hydrogen-bond acceptors (Lipinski definition) is 5. The molecule has 6 nitrogen and oxygen atoms in total. The van der Waals surface area contributed by atoms with Crippen LogP contribution in [-0.2, 0) is 0 Å². The van der Waals surface area contributed by atoms with Crippen LogP contribution in [0.2, 0.25) is 0 Å². The van der Waals surface area contributed by atoms with Gasteiger partial charge in [0, 0.05) is 37.6 Å².